The van der Waals surface area contributed by atoms with Crippen molar-refractivity contribution in [3.63, 3.8) is 0 Å². The van der Waals surface area contributed by atoms with Gasteiger partial charge in [0.2, 0.25) is 5.91 Å². The molecule has 0 fully saturated rings. The van der Waals surface area contributed by atoms with Crippen LogP contribution in [0.3, 0.4) is 0 Å². The van der Waals surface area contributed by atoms with E-state index >= 15 is 0 Å². The Morgan fingerprint density at radius 3 is 2.77 bits per heavy atom. The van der Waals surface area contributed by atoms with Crippen molar-refractivity contribution in [1.82, 2.24) is 5.32 Å². The smallest absolute Gasteiger partial charge is 0.247 e. The number of hydrogen-bond acceptors (Lipinski definition) is 1. The van der Waals surface area contributed by atoms with Gasteiger partial charge in [0.15, 0.2) is 0 Å². The lowest BCUT2D eigenvalue weighted by Crippen LogP contribution is -2.37. The molecule has 2 heteroatoms. The van der Waals surface area contributed by atoms with Gasteiger partial charge in [0.25, 0.3) is 0 Å². The van der Waals surface area contributed by atoms with E-state index in [1.165, 1.54) is 0 Å². The minimum Gasteiger partial charge on any atom is -0.349 e. The summed E-state index contributed by atoms with van der Waals surface area (Å²) in [7, 11) is 0. The molecule has 0 aromatic heterocycles. The van der Waals surface area contributed by atoms with E-state index in [1.807, 2.05) is 6.08 Å². The summed E-state index contributed by atoms with van der Waals surface area (Å²) >= 11 is 0. The summed E-state index contributed by atoms with van der Waals surface area (Å²) < 4.78 is 0. The molecule has 0 saturated carbocycles. The highest BCUT2D eigenvalue weighted by atomic mass is 16.1. The molecule has 0 bridgehead atoms. The molecule has 0 radical (unpaired) electrons. The molecule has 0 heterocycles. The monoisotopic (exact) mass is 177 g/mol. The van der Waals surface area contributed by atoms with Gasteiger partial charge in [-0.2, -0.15) is 0 Å². The maximum absolute atomic E-state index is 11.5. The molecule has 2 aliphatic carbocycles. The Hall–Kier alpha value is -1.05. The van der Waals surface area contributed by atoms with Gasteiger partial charge in [0.05, 0.1) is 0 Å². The fourth-order valence-electron chi connectivity index (χ4n) is 1.70. The summed E-state index contributed by atoms with van der Waals surface area (Å²) in [6.07, 6.45) is 11.6. The average molecular weight is 177 g/mol. The molecule has 0 saturated heterocycles. The zero-order valence-corrected chi connectivity index (χ0v) is 7.75. The summed E-state index contributed by atoms with van der Waals surface area (Å²) in [6, 6.07) is 0.374. The van der Waals surface area contributed by atoms with Crippen LogP contribution in [0.25, 0.3) is 0 Å². The van der Waals surface area contributed by atoms with E-state index < -0.39 is 0 Å². The van der Waals surface area contributed by atoms with Gasteiger partial charge < -0.3 is 5.32 Å². The molecule has 2 aliphatic rings. The van der Waals surface area contributed by atoms with Crippen molar-refractivity contribution in [2.45, 2.75) is 38.1 Å². The van der Waals surface area contributed by atoms with Gasteiger partial charge in [-0.05, 0) is 32.1 Å². The first-order chi connectivity index (χ1) is 6.36. The third kappa shape index (κ3) is 2.00. The number of amides is 1. The van der Waals surface area contributed by atoms with E-state index in [-0.39, 0.29) is 5.91 Å². The first-order valence-corrected chi connectivity index (χ1v) is 5.01. The number of carbonyl (C=O) groups is 1. The van der Waals surface area contributed by atoms with Gasteiger partial charge in [-0.3, -0.25) is 4.79 Å². The lowest BCUT2D eigenvalue weighted by molar-refractivity contribution is -0.118. The maximum Gasteiger partial charge on any atom is 0.247 e. The van der Waals surface area contributed by atoms with E-state index in [4.69, 9.17) is 0 Å². The molecule has 13 heavy (non-hydrogen) atoms. The molecule has 2 rings (SSSR count). The Balaban J connectivity index is 1.83. The van der Waals surface area contributed by atoms with Crippen molar-refractivity contribution in [2.24, 2.45) is 0 Å². The fraction of sp³-hybridized carbons (Fsp3) is 0.545. The van der Waals surface area contributed by atoms with Gasteiger partial charge in [0.1, 0.15) is 0 Å². The van der Waals surface area contributed by atoms with E-state index in [2.05, 4.69) is 17.5 Å². The molecule has 0 spiro atoms. The van der Waals surface area contributed by atoms with Crippen molar-refractivity contribution >= 4 is 5.91 Å². The van der Waals surface area contributed by atoms with Crippen LogP contribution in [0.15, 0.2) is 23.8 Å². The Morgan fingerprint density at radius 2 is 2.23 bits per heavy atom. The topological polar surface area (TPSA) is 29.1 Å². The minimum absolute atomic E-state index is 0.159. The van der Waals surface area contributed by atoms with Crippen LogP contribution in [0.5, 0.6) is 0 Å². The van der Waals surface area contributed by atoms with E-state index in [9.17, 15) is 4.79 Å². The zero-order chi connectivity index (χ0) is 9.10. The van der Waals surface area contributed by atoms with Gasteiger partial charge >= 0.3 is 0 Å². The van der Waals surface area contributed by atoms with Gasteiger partial charge in [0, 0.05) is 11.6 Å². The number of rotatable bonds is 2. The Labute approximate surface area is 78.7 Å². The average Bonchev–Trinajstić information content (AvgIpc) is 2.02. The molecule has 1 atom stereocenters. The Morgan fingerprint density at radius 1 is 1.38 bits per heavy atom. The summed E-state index contributed by atoms with van der Waals surface area (Å²) in [5, 5.41) is 3.06. The molecular weight excluding hydrogens is 162 g/mol. The predicted molar refractivity (Wildman–Crippen MR) is 52.2 cm³/mol. The molecule has 1 unspecified atom stereocenters. The van der Waals surface area contributed by atoms with Crippen molar-refractivity contribution < 1.29 is 4.79 Å². The number of nitrogens with one attached hydrogen (secondary N) is 1. The Kier molecular flexibility index (Phi) is 2.48. The highest BCUT2D eigenvalue weighted by Gasteiger charge is 2.18. The van der Waals surface area contributed by atoms with E-state index in [0.29, 0.717) is 6.04 Å². The highest BCUT2D eigenvalue weighted by Crippen LogP contribution is 2.19. The van der Waals surface area contributed by atoms with Crippen LogP contribution in [0, 0.1) is 0 Å². The second kappa shape index (κ2) is 3.77. The zero-order valence-electron chi connectivity index (χ0n) is 7.75. The number of carbonyl (C=O) groups excluding carboxylic acids is 1. The lowest BCUT2D eigenvalue weighted by Gasteiger charge is -2.22. The van der Waals surface area contributed by atoms with E-state index in [1.54, 1.807) is 0 Å². The molecule has 0 aliphatic heterocycles. The van der Waals surface area contributed by atoms with Crippen LogP contribution in [0.1, 0.15) is 32.1 Å². The molecule has 0 aromatic rings. The standard InChI is InChI=1S/C11H15NO/c13-11(9-5-4-6-9)12-10-7-2-1-3-8-10/h1-2,5,10H,3-4,6-8H2,(H,12,13). The van der Waals surface area contributed by atoms with Gasteiger partial charge in [-0.15, -0.1) is 0 Å². The van der Waals surface area contributed by atoms with E-state index in [0.717, 1.165) is 37.7 Å². The van der Waals surface area contributed by atoms with Crippen molar-refractivity contribution in [2.75, 3.05) is 0 Å². The largest absolute Gasteiger partial charge is 0.349 e. The van der Waals surface area contributed by atoms with Gasteiger partial charge in [-0.1, -0.05) is 18.2 Å². The molecule has 70 valence electrons. The second-order valence-corrected chi connectivity index (χ2v) is 3.72. The summed E-state index contributed by atoms with van der Waals surface area (Å²) in [6.45, 7) is 0. The van der Waals surface area contributed by atoms with Crippen LogP contribution >= 0.6 is 0 Å². The first-order valence-electron chi connectivity index (χ1n) is 5.01. The van der Waals surface area contributed by atoms with Crippen molar-refractivity contribution in [1.29, 1.82) is 0 Å². The molecular formula is C11H15NO. The number of hydrogen-bond donors (Lipinski definition) is 1. The van der Waals surface area contributed by atoms with Crippen LogP contribution in [0.4, 0.5) is 0 Å². The molecule has 2 nitrogen and oxygen atoms in total. The number of allylic oxidation sites excluding steroid dienone is 2. The first kappa shape index (κ1) is 8.54. The third-order valence-electron chi connectivity index (χ3n) is 2.70. The van der Waals surface area contributed by atoms with Crippen molar-refractivity contribution in [3.05, 3.63) is 23.8 Å². The van der Waals surface area contributed by atoms with Crippen LogP contribution in [-0.2, 0) is 4.79 Å². The Bertz CT molecular complexity index is 265. The summed E-state index contributed by atoms with van der Waals surface area (Å²) in [5.41, 5.74) is 0.981. The van der Waals surface area contributed by atoms with Crippen LogP contribution < -0.4 is 5.32 Å². The van der Waals surface area contributed by atoms with Crippen molar-refractivity contribution in [3.8, 4) is 0 Å². The minimum atomic E-state index is 0.159. The summed E-state index contributed by atoms with van der Waals surface area (Å²) in [5.74, 6) is 0.159. The molecule has 1 N–H and O–H groups in total. The highest BCUT2D eigenvalue weighted by molar-refractivity contribution is 5.94. The summed E-state index contributed by atoms with van der Waals surface area (Å²) in [4.78, 5) is 11.5. The van der Waals surface area contributed by atoms with Crippen LogP contribution in [-0.4, -0.2) is 11.9 Å². The quantitative estimate of drug-likeness (QED) is 0.641. The second-order valence-electron chi connectivity index (χ2n) is 3.72. The van der Waals surface area contributed by atoms with Gasteiger partial charge in [-0.25, -0.2) is 0 Å². The van der Waals surface area contributed by atoms with Crippen LogP contribution in [0.2, 0.25) is 0 Å². The fourth-order valence-corrected chi connectivity index (χ4v) is 1.70. The predicted octanol–water partition coefficient (Wildman–Crippen LogP) is 1.93. The SMILES string of the molecule is O=C(NC1CC=CCC1)C1=CCC1. The lowest BCUT2D eigenvalue weighted by atomic mass is 9.96. The third-order valence-corrected chi connectivity index (χ3v) is 2.70. The molecule has 1 amide bonds. The maximum atomic E-state index is 11.5. The molecule has 0 aromatic carbocycles. The normalized spacial score (nSPS) is 26.2.